The van der Waals surface area contributed by atoms with E-state index in [4.69, 9.17) is 0 Å². The molecule has 4 aliphatic rings. The molecule has 40 heavy (non-hydrogen) atoms. The zero-order valence-electron chi connectivity index (χ0n) is 31.8. The molecular formula is C30H74Si10. The van der Waals surface area contributed by atoms with Crippen molar-refractivity contribution in [2.24, 2.45) is 0 Å². The maximum absolute atomic E-state index is 3.21. The first kappa shape index (κ1) is 35.0. The third-order valence-corrected chi connectivity index (χ3v) is 155. The lowest BCUT2D eigenvalue weighted by Crippen LogP contribution is -3.21. The fourth-order valence-electron chi connectivity index (χ4n) is 18.4. The average molecular weight is 716 g/mol. The Morgan fingerprint density at radius 3 is 0.675 bits per heavy atom. The first-order chi connectivity index (χ1) is 17.2. The van der Waals surface area contributed by atoms with Gasteiger partial charge in [0.1, 0.15) is 0 Å². The maximum atomic E-state index is 3.21. The Balaban J connectivity index is 2.47. The third-order valence-electron chi connectivity index (χ3n) is 16.6. The summed E-state index contributed by atoms with van der Waals surface area (Å²) in [4.78, 5) is 0. The SMILES string of the molecule is C[Si](C)(C)C1([Si](C)(C)C)CCC2([Si](C)(C)C)[Si](C)(C)[Si]34C([Si](C)(C)C)([Si](C)(C)C)CCC3([Si](C)(C)C)[Si](C)(C)[Si]124. The van der Waals surface area contributed by atoms with Crippen LogP contribution in [0.3, 0.4) is 0 Å². The molecule has 0 aromatic carbocycles. The molecule has 0 bridgehead atoms. The largest absolute Gasteiger partial charge is 0.0715 e. The third kappa shape index (κ3) is 2.70. The van der Waals surface area contributed by atoms with Crippen LogP contribution < -0.4 is 0 Å². The van der Waals surface area contributed by atoms with Crippen LogP contribution >= 0.6 is 0 Å². The smallest absolute Gasteiger partial charge is 0.0448 e. The second-order valence-corrected chi connectivity index (χ2v) is 95.1. The van der Waals surface area contributed by atoms with Gasteiger partial charge in [0.15, 0.2) is 0 Å². The molecule has 2 spiro atoms. The van der Waals surface area contributed by atoms with Gasteiger partial charge >= 0.3 is 0 Å². The van der Waals surface area contributed by atoms with E-state index in [9.17, 15) is 0 Å². The Morgan fingerprint density at radius 1 is 0.325 bits per heavy atom. The molecule has 4 unspecified atom stereocenters. The van der Waals surface area contributed by atoms with E-state index in [2.05, 4.69) is 144 Å². The molecule has 4 atom stereocenters. The van der Waals surface area contributed by atoms with Gasteiger partial charge in [-0.1, -0.05) is 170 Å². The zero-order chi connectivity index (χ0) is 31.8. The van der Waals surface area contributed by atoms with Gasteiger partial charge in [-0.05, 0) is 17.1 Å². The Morgan fingerprint density at radius 2 is 0.525 bits per heavy atom. The summed E-state index contributed by atoms with van der Waals surface area (Å²) >= 11 is 0. The number of hydrogen-bond acceptors (Lipinski definition) is 0. The van der Waals surface area contributed by atoms with Crippen molar-refractivity contribution in [2.75, 3.05) is 0 Å². The van der Waals surface area contributed by atoms with Crippen LogP contribution in [0.15, 0.2) is 0 Å². The Hall–Kier alpha value is 2.17. The highest BCUT2D eigenvalue weighted by atomic mass is 29.9. The van der Waals surface area contributed by atoms with Crippen LogP contribution in [-0.2, 0) is 0 Å². The summed E-state index contributed by atoms with van der Waals surface area (Å²) in [6, 6.07) is 0. The summed E-state index contributed by atoms with van der Waals surface area (Å²) in [7, 11) is -15.0. The van der Waals surface area contributed by atoms with Crippen molar-refractivity contribution in [3.8, 4) is 0 Å². The molecule has 0 amide bonds. The van der Waals surface area contributed by atoms with Crippen LogP contribution in [0.1, 0.15) is 25.7 Å². The van der Waals surface area contributed by atoms with E-state index in [1.54, 1.807) is 25.7 Å². The molecule has 0 N–H and O–H groups in total. The Labute approximate surface area is 262 Å². The maximum Gasteiger partial charge on any atom is 0.0448 e. The highest BCUT2D eigenvalue weighted by molar-refractivity contribution is 8.08. The van der Waals surface area contributed by atoms with Crippen molar-refractivity contribution in [3.05, 3.63) is 0 Å². The number of rotatable bonds is 6. The summed E-state index contributed by atoms with van der Waals surface area (Å²) < 4.78 is 3.65. The minimum Gasteiger partial charge on any atom is -0.0715 e. The van der Waals surface area contributed by atoms with Gasteiger partial charge in [-0.15, -0.1) is 0 Å². The Bertz CT molecular complexity index is 984. The summed E-state index contributed by atoms with van der Waals surface area (Å²) in [5.41, 5.74) is 0. The second kappa shape index (κ2) is 8.17. The quantitative estimate of drug-likeness (QED) is 0.240. The fourth-order valence-corrected chi connectivity index (χ4v) is 302. The second-order valence-electron chi connectivity index (χ2n) is 22.9. The summed E-state index contributed by atoms with van der Waals surface area (Å²) in [6.45, 7) is 66.4. The molecule has 0 aromatic heterocycles. The molecule has 0 nitrogen and oxygen atoms in total. The molecule has 4 fully saturated rings. The lowest BCUT2D eigenvalue weighted by atomic mass is 10.4. The van der Waals surface area contributed by atoms with Gasteiger partial charge in [0.25, 0.3) is 0 Å². The predicted octanol–water partition coefficient (Wildman–Crippen LogP) is 11.5. The van der Waals surface area contributed by atoms with Gasteiger partial charge in [-0.2, -0.15) is 0 Å². The van der Waals surface area contributed by atoms with Crippen molar-refractivity contribution in [3.63, 3.8) is 0 Å². The first-order valence-corrected chi connectivity index (χ1v) is 51.2. The lowest BCUT2D eigenvalue weighted by molar-refractivity contribution is 0.763. The molecule has 0 aromatic rings. The lowest BCUT2D eigenvalue weighted by Gasteiger charge is -3.03. The van der Waals surface area contributed by atoms with Crippen LogP contribution in [0.25, 0.3) is 0 Å². The number of hydrogen-bond donors (Lipinski definition) is 0. The molecule has 4 saturated heterocycles. The molecule has 0 aliphatic carbocycles. The van der Waals surface area contributed by atoms with E-state index in [0.717, 1.165) is 17.1 Å². The van der Waals surface area contributed by atoms with Gasteiger partial charge in [0.05, 0.1) is 0 Å². The van der Waals surface area contributed by atoms with Gasteiger partial charge in [0.2, 0.25) is 0 Å². The van der Waals surface area contributed by atoms with E-state index in [0.29, 0.717) is 0 Å². The highest BCUT2D eigenvalue weighted by Crippen LogP contribution is 3.03. The standard InChI is InChI=1S/C30H74Si10/c1-31(2,3)27(32(4,5)6)23-25-29(35(13,14)15)38(21,22)40-28(33(7,8)9,34(10,11)12)24-26-30(40,36(16,17)18)37(19,20)39(27,29)40/h23-26H2,1-22H3. The van der Waals surface area contributed by atoms with Crippen LogP contribution in [-0.4, -0.2) is 77.8 Å². The molecule has 0 radical (unpaired) electrons. The van der Waals surface area contributed by atoms with E-state index in [1.165, 1.54) is 0 Å². The molecular weight excluding hydrogens is 641 g/mol. The van der Waals surface area contributed by atoms with Crippen molar-refractivity contribution < 1.29 is 0 Å². The molecule has 4 rings (SSSR count). The van der Waals surface area contributed by atoms with Gasteiger partial charge in [-0.25, -0.2) is 0 Å². The summed E-state index contributed by atoms with van der Waals surface area (Å²) in [6.07, 6.45) is 6.93. The van der Waals surface area contributed by atoms with Gasteiger partial charge in [0, 0.05) is 77.8 Å². The van der Waals surface area contributed by atoms with E-state index < -0.39 is 77.8 Å². The fraction of sp³-hybridized carbons (Fsp3) is 1.00. The minimum atomic E-state index is -1.64. The zero-order valence-corrected chi connectivity index (χ0v) is 41.8. The van der Waals surface area contributed by atoms with E-state index in [1.807, 2.05) is 0 Å². The molecule has 4 aliphatic heterocycles. The van der Waals surface area contributed by atoms with Crippen LogP contribution in [0.2, 0.25) is 161 Å². The molecule has 10 heteroatoms. The van der Waals surface area contributed by atoms with Gasteiger partial charge < -0.3 is 0 Å². The van der Waals surface area contributed by atoms with Crippen LogP contribution in [0, 0.1) is 0 Å². The molecule has 234 valence electrons. The monoisotopic (exact) mass is 714 g/mol. The highest BCUT2D eigenvalue weighted by Gasteiger charge is 3.13. The van der Waals surface area contributed by atoms with Crippen molar-refractivity contribution >= 4 is 77.8 Å². The average Bonchev–Trinajstić information content (AvgIpc) is 3.17. The normalized spacial score (nSPS) is 40.0. The topological polar surface area (TPSA) is 0 Å². The van der Waals surface area contributed by atoms with E-state index >= 15 is 0 Å². The van der Waals surface area contributed by atoms with Crippen LogP contribution in [0.4, 0.5) is 0 Å². The van der Waals surface area contributed by atoms with Crippen molar-refractivity contribution in [1.29, 1.82) is 0 Å². The van der Waals surface area contributed by atoms with E-state index in [-0.39, 0.29) is 0 Å². The Kier molecular flexibility index (Phi) is 7.16. The first-order valence-electron chi connectivity index (χ1n) is 17.2. The summed E-state index contributed by atoms with van der Waals surface area (Å²) in [5, 5.41) is 0. The summed E-state index contributed by atoms with van der Waals surface area (Å²) in [5.74, 6) is 0. The van der Waals surface area contributed by atoms with Crippen LogP contribution in [0.5, 0.6) is 0 Å². The van der Waals surface area contributed by atoms with Crippen molar-refractivity contribution in [2.45, 2.75) is 187 Å². The predicted molar refractivity (Wildman–Crippen MR) is 216 cm³/mol. The molecule has 0 saturated carbocycles. The molecule has 4 heterocycles. The van der Waals surface area contributed by atoms with Gasteiger partial charge in [-0.3, -0.25) is 0 Å². The minimum absolute atomic E-state index is 0.885. The van der Waals surface area contributed by atoms with Crippen molar-refractivity contribution in [1.82, 2.24) is 0 Å².